The maximum atomic E-state index is 13.2. The number of fused-ring (bicyclic) bond motifs is 1. The maximum absolute atomic E-state index is 13.2. The summed E-state index contributed by atoms with van der Waals surface area (Å²) in [5.74, 6) is -0.623. The van der Waals surface area contributed by atoms with E-state index in [2.05, 4.69) is 10.3 Å². The first-order chi connectivity index (χ1) is 12.0. The van der Waals surface area contributed by atoms with E-state index in [-0.39, 0.29) is 11.5 Å². The normalized spacial score (nSPS) is 12.1. The number of benzene rings is 2. The summed E-state index contributed by atoms with van der Waals surface area (Å²) in [4.78, 5) is 27.0. The van der Waals surface area contributed by atoms with Crippen LogP contribution in [0.3, 0.4) is 0 Å². The van der Waals surface area contributed by atoms with Crippen molar-refractivity contribution in [3.05, 3.63) is 81.9 Å². The largest absolute Gasteiger partial charge is 0.352 e. The third kappa shape index (κ3) is 4.12. The second-order valence-corrected chi connectivity index (χ2v) is 6.25. The van der Waals surface area contributed by atoms with E-state index in [0.29, 0.717) is 17.4 Å². The van der Waals surface area contributed by atoms with Crippen LogP contribution >= 0.6 is 0 Å². The molecule has 1 heterocycles. The van der Waals surface area contributed by atoms with Crippen LogP contribution in [0.1, 0.15) is 22.8 Å². The van der Waals surface area contributed by atoms with Gasteiger partial charge in [0.15, 0.2) is 0 Å². The highest BCUT2D eigenvalue weighted by molar-refractivity contribution is 5.97. The Bertz CT molecular complexity index is 951. The third-order valence-electron chi connectivity index (χ3n) is 4.09. The molecule has 128 valence electrons. The van der Waals surface area contributed by atoms with Gasteiger partial charge in [0.2, 0.25) is 0 Å². The van der Waals surface area contributed by atoms with E-state index in [9.17, 15) is 14.0 Å². The van der Waals surface area contributed by atoms with E-state index in [0.717, 1.165) is 6.42 Å². The topological polar surface area (TPSA) is 62.0 Å². The Hall–Kier alpha value is -2.95. The highest BCUT2D eigenvalue weighted by Crippen LogP contribution is 2.13. The summed E-state index contributed by atoms with van der Waals surface area (Å²) >= 11 is 0. The van der Waals surface area contributed by atoms with Crippen molar-refractivity contribution in [3.63, 3.8) is 0 Å². The fourth-order valence-electron chi connectivity index (χ4n) is 2.79. The first kappa shape index (κ1) is 16.9. The number of carbonyl (C=O) groups excluding carboxylic acids is 1. The van der Waals surface area contributed by atoms with Gasteiger partial charge in [-0.05, 0) is 47.6 Å². The molecule has 0 bridgehead atoms. The minimum absolute atomic E-state index is 0.0334. The molecule has 4 nitrogen and oxygen atoms in total. The SMILES string of the molecule is CC(CNC(=O)c1cc2ccc(F)cc2[nH]c1=O)Cc1ccccc1. The number of hydrogen-bond acceptors (Lipinski definition) is 2. The van der Waals surface area contributed by atoms with Gasteiger partial charge < -0.3 is 10.3 Å². The van der Waals surface area contributed by atoms with Gasteiger partial charge in [-0.25, -0.2) is 4.39 Å². The van der Waals surface area contributed by atoms with E-state index >= 15 is 0 Å². The number of aromatic nitrogens is 1. The molecule has 1 amide bonds. The molecule has 3 aromatic rings. The van der Waals surface area contributed by atoms with E-state index in [1.165, 1.54) is 29.8 Å². The van der Waals surface area contributed by atoms with Crippen LogP contribution < -0.4 is 10.9 Å². The van der Waals surface area contributed by atoms with Crippen molar-refractivity contribution >= 4 is 16.8 Å². The van der Waals surface area contributed by atoms with Crippen molar-refractivity contribution in [1.82, 2.24) is 10.3 Å². The first-order valence-corrected chi connectivity index (χ1v) is 8.17. The Morgan fingerprint density at radius 1 is 1.16 bits per heavy atom. The number of nitrogens with one attached hydrogen (secondary N) is 2. The summed E-state index contributed by atoms with van der Waals surface area (Å²) in [6, 6.07) is 15.6. The second-order valence-electron chi connectivity index (χ2n) is 6.25. The lowest BCUT2D eigenvalue weighted by Gasteiger charge is -2.13. The van der Waals surface area contributed by atoms with Gasteiger partial charge in [0.1, 0.15) is 11.4 Å². The molecule has 0 radical (unpaired) electrons. The van der Waals surface area contributed by atoms with Gasteiger partial charge in [-0.2, -0.15) is 0 Å². The van der Waals surface area contributed by atoms with Crippen LogP contribution in [0, 0.1) is 11.7 Å². The molecule has 1 aromatic heterocycles. The van der Waals surface area contributed by atoms with Crippen molar-refractivity contribution < 1.29 is 9.18 Å². The quantitative estimate of drug-likeness (QED) is 0.750. The summed E-state index contributed by atoms with van der Waals surface area (Å²) in [5.41, 5.74) is 1.09. The summed E-state index contributed by atoms with van der Waals surface area (Å²) < 4.78 is 13.2. The lowest BCUT2D eigenvalue weighted by atomic mass is 10.0. The third-order valence-corrected chi connectivity index (χ3v) is 4.09. The standard InChI is InChI=1S/C20H19FN2O2/c1-13(9-14-5-3-2-4-6-14)12-22-19(24)17-10-15-7-8-16(21)11-18(15)23-20(17)25/h2-8,10-11,13H,9,12H2,1H3,(H,22,24)(H,23,25). The van der Waals surface area contributed by atoms with Gasteiger partial charge >= 0.3 is 0 Å². The van der Waals surface area contributed by atoms with Gasteiger partial charge in [-0.1, -0.05) is 37.3 Å². The lowest BCUT2D eigenvalue weighted by molar-refractivity contribution is 0.0946. The highest BCUT2D eigenvalue weighted by Gasteiger charge is 2.13. The molecule has 25 heavy (non-hydrogen) atoms. The van der Waals surface area contributed by atoms with Crippen molar-refractivity contribution in [3.8, 4) is 0 Å². The first-order valence-electron chi connectivity index (χ1n) is 8.17. The molecule has 5 heteroatoms. The molecule has 1 atom stereocenters. The molecule has 0 saturated carbocycles. The molecule has 3 rings (SSSR count). The Kier molecular flexibility index (Phi) is 4.93. The minimum Gasteiger partial charge on any atom is -0.352 e. The number of hydrogen-bond donors (Lipinski definition) is 2. The number of halogens is 1. The van der Waals surface area contributed by atoms with E-state index in [1.54, 1.807) is 0 Å². The van der Waals surface area contributed by atoms with E-state index in [1.807, 2.05) is 37.3 Å². The van der Waals surface area contributed by atoms with Gasteiger partial charge in [0.25, 0.3) is 11.5 Å². The minimum atomic E-state index is -0.522. The molecule has 0 saturated heterocycles. The van der Waals surface area contributed by atoms with Crippen molar-refractivity contribution in [2.24, 2.45) is 5.92 Å². The van der Waals surface area contributed by atoms with E-state index < -0.39 is 17.3 Å². The van der Waals surface area contributed by atoms with Gasteiger partial charge in [0, 0.05) is 6.54 Å². The average molecular weight is 338 g/mol. The van der Waals surface area contributed by atoms with Crippen molar-refractivity contribution in [1.29, 1.82) is 0 Å². The van der Waals surface area contributed by atoms with Gasteiger partial charge in [0.05, 0.1) is 5.52 Å². The monoisotopic (exact) mass is 338 g/mol. The molecule has 0 aliphatic rings. The predicted octanol–water partition coefficient (Wildman–Crippen LogP) is 3.28. The molecule has 0 aliphatic carbocycles. The number of rotatable bonds is 5. The van der Waals surface area contributed by atoms with Crippen LogP contribution in [0.15, 0.2) is 59.4 Å². The maximum Gasteiger partial charge on any atom is 0.261 e. The Morgan fingerprint density at radius 2 is 1.92 bits per heavy atom. The molecule has 0 spiro atoms. The number of aromatic amines is 1. The number of carbonyl (C=O) groups is 1. The highest BCUT2D eigenvalue weighted by atomic mass is 19.1. The molecular weight excluding hydrogens is 319 g/mol. The summed E-state index contributed by atoms with van der Waals surface area (Å²) in [5, 5.41) is 3.42. The van der Waals surface area contributed by atoms with E-state index in [4.69, 9.17) is 0 Å². The van der Waals surface area contributed by atoms with Gasteiger partial charge in [-0.15, -0.1) is 0 Å². The average Bonchev–Trinajstić information content (AvgIpc) is 2.60. The molecule has 1 unspecified atom stereocenters. The van der Waals surface area contributed by atoms with Crippen LogP contribution in [0.2, 0.25) is 0 Å². The summed E-state index contributed by atoms with van der Waals surface area (Å²) in [6.07, 6.45) is 0.842. The van der Waals surface area contributed by atoms with Crippen LogP contribution in [-0.4, -0.2) is 17.4 Å². The van der Waals surface area contributed by atoms with Crippen LogP contribution in [0.25, 0.3) is 10.9 Å². The zero-order chi connectivity index (χ0) is 17.8. The zero-order valence-corrected chi connectivity index (χ0v) is 13.9. The van der Waals surface area contributed by atoms with Crippen molar-refractivity contribution in [2.45, 2.75) is 13.3 Å². The number of H-pyrrole nitrogens is 1. The summed E-state index contributed by atoms with van der Waals surface area (Å²) in [6.45, 7) is 2.51. The molecule has 2 N–H and O–H groups in total. The predicted molar refractivity (Wildman–Crippen MR) is 96.2 cm³/mol. The Morgan fingerprint density at radius 3 is 2.68 bits per heavy atom. The van der Waals surface area contributed by atoms with Crippen LogP contribution in [0.4, 0.5) is 4.39 Å². The van der Waals surface area contributed by atoms with Gasteiger partial charge in [-0.3, -0.25) is 9.59 Å². The lowest BCUT2D eigenvalue weighted by Crippen LogP contribution is -2.33. The smallest absolute Gasteiger partial charge is 0.261 e. The fourth-order valence-corrected chi connectivity index (χ4v) is 2.79. The molecule has 0 aliphatic heterocycles. The van der Waals surface area contributed by atoms with Crippen molar-refractivity contribution in [2.75, 3.05) is 6.54 Å². The number of amides is 1. The second kappa shape index (κ2) is 7.30. The molecule has 2 aromatic carbocycles. The molecular formula is C20H19FN2O2. The van der Waals surface area contributed by atoms with Crippen LogP contribution in [0.5, 0.6) is 0 Å². The Labute approximate surface area is 144 Å². The zero-order valence-electron chi connectivity index (χ0n) is 13.9. The fraction of sp³-hybridized carbons (Fsp3) is 0.200. The van der Waals surface area contributed by atoms with Crippen LogP contribution in [-0.2, 0) is 6.42 Å². The summed E-state index contributed by atoms with van der Waals surface area (Å²) in [7, 11) is 0. The molecule has 0 fully saturated rings. The Balaban J connectivity index is 1.68. The number of pyridine rings is 1.